The van der Waals surface area contributed by atoms with E-state index < -0.39 is 0 Å². The van der Waals surface area contributed by atoms with Gasteiger partial charge in [0, 0.05) is 11.9 Å². The first-order valence-electron chi connectivity index (χ1n) is 13.1. The van der Waals surface area contributed by atoms with E-state index in [4.69, 9.17) is 0 Å². The third-order valence-electron chi connectivity index (χ3n) is 10.8. The topological polar surface area (TPSA) is 33.1 Å². The summed E-state index contributed by atoms with van der Waals surface area (Å²) in [5, 5.41) is 10.3. The van der Waals surface area contributed by atoms with Crippen LogP contribution in [0.25, 0.3) is 0 Å². The van der Waals surface area contributed by atoms with Crippen LogP contribution in [0.15, 0.2) is 30.0 Å². The van der Waals surface area contributed by atoms with Crippen molar-refractivity contribution in [3.05, 3.63) is 41.2 Å². The monoisotopic (exact) mass is 421 g/mol. The molecule has 4 aliphatic rings. The average Bonchev–Trinajstić information content (AvgIpc) is 3.11. The maximum absolute atomic E-state index is 10.3. The number of aliphatic hydroxyl groups is 1. The highest BCUT2D eigenvalue weighted by Gasteiger charge is 2.59. The van der Waals surface area contributed by atoms with Crippen LogP contribution in [0.4, 0.5) is 0 Å². The summed E-state index contributed by atoms with van der Waals surface area (Å²) >= 11 is 0. The molecule has 0 aliphatic heterocycles. The van der Waals surface area contributed by atoms with Crippen LogP contribution in [0.2, 0.25) is 0 Å². The Kier molecular flexibility index (Phi) is 5.60. The van der Waals surface area contributed by atoms with Crippen molar-refractivity contribution in [3.63, 3.8) is 0 Å². The van der Waals surface area contributed by atoms with Gasteiger partial charge in [-0.05, 0) is 123 Å². The number of allylic oxidation sites excluding steroid dienone is 1. The molecule has 1 aromatic heterocycles. The summed E-state index contributed by atoms with van der Waals surface area (Å²) in [4.78, 5) is 4.66. The van der Waals surface area contributed by atoms with Gasteiger partial charge in [-0.2, -0.15) is 0 Å². The van der Waals surface area contributed by atoms with Crippen molar-refractivity contribution in [2.75, 3.05) is 0 Å². The van der Waals surface area contributed by atoms with Gasteiger partial charge >= 0.3 is 0 Å². The number of rotatable bonds is 4. The van der Waals surface area contributed by atoms with Crippen LogP contribution in [0.1, 0.15) is 89.8 Å². The Hall–Kier alpha value is -1.15. The minimum atomic E-state index is -0.0933. The van der Waals surface area contributed by atoms with Crippen LogP contribution in [0.5, 0.6) is 0 Å². The molecule has 0 spiro atoms. The van der Waals surface area contributed by atoms with E-state index in [-0.39, 0.29) is 6.10 Å². The minimum Gasteiger partial charge on any atom is -0.393 e. The van der Waals surface area contributed by atoms with E-state index in [0.717, 1.165) is 48.9 Å². The molecular formula is C29H43NO. The van der Waals surface area contributed by atoms with Gasteiger partial charge < -0.3 is 5.11 Å². The molecule has 5 rings (SSSR count). The molecule has 170 valence electrons. The Morgan fingerprint density at radius 2 is 1.97 bits per heavy atom. The van der Waals surface area contributed by atoms with E-state index in [9.17, 15) is 5.11 Å². The molecule has 0 saturated heterocycles. The van der Waals surface area contributed by atoms with E-state index in [0.29, 0.717) is 10.8 Å². The fraction of sp³-hybridized carbons (Fsp3) is 0.759. The van der Waals surface area contributed by atoms with Gasteiger partial charge in [0.25, 0.3) is 0 Å². The third-order valence-corrected chi connectivity index (χ3v) is 10.8. The molecule has 0 aromatic carbocycles. The van der Waals surface area contributed by atoms with Gasteiger partial charge in [0.2, 0.25) is 0 Å². The molecule has 1 unspecified atom stereocenters. The molecule has 8 atom stereocenters. The summed E-state index contributed by atoms with van der Waals surface area (Å²) < 4.78 is 0. The lowest BCUT2D eigenvalue weighted by Crippen LogP contribution is -2.50. The van der Waals surface area contributed by atoms with Gasteiger partial charge in [-0.3, -0.25) is 4.98 Å². The van der Waals surface area contributed by atoms with Crippen LogP contribution in [0, 0.1) is 47.3 Å². The molecule has 4 aliphatic carbocycles. The first kappa shape index (κ1) is 21.7. The number of hydrogen-bond acceptors (Lipinski definition) is 2. The molecule has 3 saturated carbocycles. The fourth-order valence-corrected chi connectivity index (χ4v) is 8.96. The number of hydrogen-bond donors (Lipinski definition) is 1. The van der Waals surface area contributed by atoms with Crippen molar-refractivity contribution < 1.29 is 5.11 Å². The lowest BCUT2D eigenvalue weighted by molar-refractivity contribution is -0.0571. The molecule has 1 aromatic rings. The molecule has 0 bridgehead atoms. The van der Waals surface area contributed by atoms with E-state index in [2.05, 4.69) is 50.9 Å². The zero-order chi connectivity index (χ0) is 21.8. The standard InChI is InChI=1S/C29H43NO/c1-19(7-12-27-20(2)6-5-17-30-27)24-10-11-25-23-9-8-21-18-22(31)13-15-28(21,3)26(23)14-16-29(24,25)4/h5-6,8,17,19,22-26,31H,7,9-16,18H2,1-4H3/t19?,22-,23-,24+,25-,26-,28-,29+/m0/s1. The number of nitrogens with zero attached hydrogens (tertiary/aromatic N) is 1. The Morgan fingerprint density at radius 3 is 2.77 bits per heavy atom. The van der Waals surface area contributed by atoms with Gasteiger partial charge in [0.1, 0.15) is 0 Å². The summed E-state index contributed by atoms with van der Waals surface area (Å²) in [6, 6.07) is 4.26. The summed E-state index contributed by atoms with van der Waals surface area (Å²) in [5.74, 6) is 4.27. The predicted octanol–water partition coefficient (Wildman–Crippen LogP) is 6.90. The van der Waals surface area contributed by atoms with Gasteiger partial charge in [-0.15, -0.1) is 0 Å². The third kappa shape index (κ3) is 3.52. The first-order chi connectivity index (χ1) is 14.8. The first-order valence-corrected chi connectivity index (χ1v) is 13.1. The second-order valence-corrected chi connectivity index (χ2v) is 12.2. The fourth-order valence-electron chi connectivity index (χ4n) is 8.96. The van der Waals surface area contributed by atoms with Crippen molar-refractivity contribution in [1.29, 1.82) is 0 Å². The van der Waals surface area contributed by atoms with Crippen molar-refractivity contribution >= 4 is 0 Å². The van der Waals surface area contributed by atoms with Crippen LogP contribution in [-0.2, 0) is 6.42 Å². The van der Waals surface area contributed by atoms with E-state index in [1.807, 2.05) is 6.20 Å². The summed E-state index contributed by atoms with van der Waals surface area (Å²) in [5.41, 5.74) is 5.14. The van der Waals surface area contributed by atoms with Crippen molar-refractivity contribution in [1.82, 2.24) is 4.98 Å². The van der Waals surface area contributed by atoms with Crippen LogP contribution in [-0.4, -0.2) is 16.2 Å². The number of aliphatic hydroxyl groups excluding tert-OH is 1. The molecule has 2 nitrogen and oxygen atoms in total. The van der Waals surface area contributed by atoms with Crippen molar-refractivity contribution in [2.45, 2.75) is 98.0 Å². The molecule has 3 fully saturated rings. The SMILES string of the molecule is Cc1cccnc1CCC(C)[C@H]1CC[C@H]2[C@@H]3CC=C4C[C@@H](O)CC[C@]4(C)[C@H]3CC[C@]12C. The van der Waals surface area contributed by atoms with Crippen molar-refractivity contribution in [2.24, 2.45) is 40.4 Å². The summed E-state index contributed by atoms with van der Waals surface area (Å²) in [6.45, 7) is 9.96. The van der Waals surface area contributed by atoms with E-state index in [1.54, 1.807) is 5.57 Å². The highest BCUT2D eigenvalue weighted by molar-refractivity contribution is 5.25. The smallest absolute Gasteiger partial charge is 0.0577 e. The lowest BCUT2D eigenvalue weighted by atomic mass is 9.47. The van der Waals surface area contributed by atoms with Crippen molar-refractivity contribution in [3.8, 4) is 0 Å². The normalized spacial score (nSPS) is 42.9. The Bertz CT molecular complexity index is 845. The molecular weight excluding hydrogens is 378 g/mol. The van der Waals surface area contributed by atoms with Crippen LogP contribution >= 0.6 is 0 Å². The number of pyridine rings is 1. The number of aryl methyl sites for hydroxylation is 2. The Balaban J connectivity index is 1.31. The molecule has 0 amide bonds. The van der Waals surface area contributed by atoms with E-state index >= 15 is 0 Å². The highest BCUT2D eigenvalue weighted by atomic mass is 16.3. The van der Waals surface area contributed by atoms with Gasteiger partial charge in [0.05, 0.1) is 6.10 Å². The van der Waals surface area contributed by atoms with Gasteiger partial charge in [-0.25, -0.2) is 0 Å². The molecule has 31 heavy (non-hydrogen) atoms. The van der Waals surface area contributed by atoms with E-state index in [1.165, 1.54) is 56.2 Å². The second-order valence-electron chi connectivity index (χ2n) is 12.2. The second kappa shape index (κ2) is 8.01. The molecule has 1 N–H and O–H groups in total. The van der Waals surface area contributed by atoms with Crippen LogP contribution < -0.4 is 0 Å². The Labute approximate surface area is 189 Å². The quantitative estimate of drug-likeness (QED) is 0.536. The molecule has 0 radical (unpaired) electrons. The zero-order valence-electron chi connectivity index (χ0n) is 20.2. The van der Waals surface area contributed by atoms with Crippen LogP contribution in [0.3, 0.4) is 0 Å². The lowest BCUT2D eigenvalue weighted by Gasteiger charge is -2.58. The molecule has 2 heteroatoms. The maximum Gasteiger partial charge on any atom is 0.0577 e. The van der Waals surface area contributed by atoms with Gasteiger partial charge in [-0.1, -0.05) is 38.5 Å². The molecule has 1 heterocycles. The summed E-state index contributed by atoms with van der Waals surface area (Å²) in [7, 11) is 0. The average molecular weight is 422 g/mol. The number of fused-ring (bicyclic) bond motifs is 5. The largest absolute Gasteiger partial charge is 0.393 e. The zero-order valence-corrected chi connectivity index (χ0v) is 20.2. The predicted molar refractivity (Wildman–Crippen MR) is 128 cm³/mol. The minimum absolute atomic E-state index is 0.0933. The Morgan fingerprint density at radius 1 is 1.13 bits per heavy atom. The summed E-state index contributed by atoms with van der Waals surface area (Å²) in [6.07, 6.45) is 17.0. The maximum atomic E-state index is 10.3. The highest BCUT2D eigenvalue weighted by Crippen LogP contribution is 2.67. The van der Waals surface area contributed by atoms with Gasteiger partial charge in [0.15, 0.2) is 0 Å². The number of aromatic nitrogens is 1.